The van der Waals surface area contributed by atoms with Crippen LogP contribution in [-0.2, 0) is 0 Å². The van der Waals surface area contributed by atoms with Crippen LogP contribution in [0, 0.1) is 0 Å². The lowest BCUT2D eigenvalue weighted by molar-refractivity contribution is 0.160. The number of hydrogen-bond donors (Lipinski definition) is 2. The second-order valence-electron chi connectivity index (χ2n) is 4.16. The van der Waals surface area contributed by atoms with Gasteiger partial charge in [-0.2, -0.15) is 0 Å². The Morgan fingerprint density at radius 1 is 1.64 bits per heavy atom. The fourth-order valence-corrected chi connectivity index (χ4v) is 2.30. The zero-order chi connectivity index (χ0) is 8.06. The molecule has 0 aromatic heterocycles. The molecule has 0 radical (unpaired) electrons. The van der Waals surface area contributed by atoms with Crippen LogP contribution in [0.2, 0.25) is 0 Å². The molecule has 0 unspecified atom stereocenters. The highest BCUT2D eigenvalue weighted by Gasteiger charge is 2.47. The van der Waals surface area contributed by atoms with Gasteiger partial charge in [-0.3, -0.25) is 10.2 Å². The lowest BCUT2D eigenvalue weighted by atomic mass is 10.2. The summed E-state index contributed by atoms with van der Waals surface area (Å²) in [5.41, 5.74) is 6.01. The normalized spacial score (nSPS) is 44.2. The van der Waals surface area contributed by atoms with Gasteiger partial charge in [0.25, 0.3) is 0 Å². The highest BCUT2D eigenvalue weighted by Crippen LogP contribution is 2.29. The van der Waals surface area contributed by atoms with Crippen LogP contribution in [0.25, 0.3) is 0 Å². The van der Waals surface area contributed by atoms with Crippen molar-refractivity contribution in [2.75, 3.05) is 13.1 Å². The number of rotatable bonds is 1. The predicted octanol–water partition coefficient (Wildman–Crippen LogP) is -0.273. The molecule has 0 amide bonds. The zero-order valence-electron chi connectivity index (χ0n) is 7.30. The van der Waals surface area contributed by atoms with Crippen molar-refractivity contribution in [1.29, 1.82) is 0 Å². The first-order valence-corrected chi connectivity index (χ1v) is 4.40. The number of piperazine rings is 1. The maximum Gasteiger partial charge on any atom is 0.0809 e. The first-order valence-electron chi connectivity index (χ1n) is 4.40. The summed E-state index contributed by atoms with van der Waals surface area (Å²) in [6.07, 6.45) is 1.13. The number of fused-ring (bicyclic) bond motifs is 2. The van der Waals surface area contributed by atoms with Gasteiger partial charge in [-0.15, -0.1) is 0 Å². The van der Waals surface area contributed by atoms with Crippen LogP contribution in [0.15, 0.2) is 0 Å². The molecule has 0 aromatic carbocycles. The standard InChI is InChI=1S/C8H17N3/c1-6(2)11-5-8(9)3-7(11)4-10-8/h6-7,10H,3-5,9H2,1-2H3/t7-,8-/m1/s1. The summed E-state index contributed by atoms with van der Waals surface area (Å²) in [6, 6.07) is 1.34. The van der Waals surface area contributed by atoms with Crippen LogP contribution in [0.5, 0.6) is 0 Å². The molecule has 0 aliphatic carbocycles. The summed E-state index contributed by atoms with van der Waals surface area (Å²) in [7, 11) is 0. The van der Waals surface area contributed by atoms with E-state index in [4.69, 9.17) is 5.73 Å². The Morgan fingerprint density at radius 3 is 2.64 bits per heavy atom. The van der Waals surface area contributed by atoms with Crippen LogP contribution in [0.1, 0.15) is 20.3 Å². The van der Waals surface area contributed by atoms with Crippen molar-refractivity contribution in [2.45, 2.75) is 38.0 Å². The molecule has 2 aliphatic rings. The van der Waals surface area contributed by atoms with E-state index in [1.807, 2.05) is 0 Å². The molecular formula is C8H17N3. The Hall–Kier alpha value is -0.120. The Bertz CT molecular complexity index is 169. The number of nitrogens with zero attached hydrogens (tertiary/aromatic N) is 1. The molecule has 0 spiro atoms. The summed E-state index contributed by atoms with van der Waals surface area (Å²) in [5, 5.41) is 3.35. The molecule has 2 heterocycles. The summed E-state index contributed by atoms with van der Waals surface area (Å²) in [4.78, 5) is 2.50. The molecule has 2 atom stereocenters. The van der Waals surface area contributed by atoms with E-state index in [9.17, 15) is 0 Å². The largest absolute Gasteiger partial charge is 0.312 e. The van der Waals surface area contributed by atoms with Crippen LogP contribution in [-0.4, -0.2) is 35.7 Å². The molecule has 3 nitrogen and oxygen atoms in total. The van der Waals surface area contributed by atoms with Crippen molar-refractivity contribution < 1.29 is 0 Å². The molecule has 2 saturated heterocycles. The van der Waals surface area contributed by atoms with E-state index in [1.54, 1.807) is 0 Å². The third-order valence-electron chi connectivity index (χ3n) is 2.89. The van der Waals surface area contributed by atoms with Crippen LogP contribution < -0.4 is 11.1 Å². The van der Waals surface area contributed by atoms with E-state index in [2.05, 4.69) is 24.1 Å². The number of nitrogens with one attached hydrogen (secondary N) is 1. The summed E-state index contributed by atoms with van der Waals surface area (Å²) in [5.74, 6) is 0. The average molecular weight is 155 g/mol. The third kappa shape index (κ3) is 1.08. The molecule has 2 rings (SSSR count). The maximum atomic E-state index is 6.08. The van der Waals surface area contributed by atoms with E-state index in [1.165, 1.54) is 0 Å². The fourth-order valence-electron chi connectivity index (χ4n) is 2.30. The topological polar surface area (TPSA) is 41.3 Å². The van der Waals surface area contributed by atoms with Gasteiger partial charge in [0.05, 0.1) is 5.66 Å². The van der Waals surface area contributed by atoms with Crippen molar-refractivity contribution in [2.24, 2.45) is 5.73 Å². The molecule has 0 aromatic rings. The Labute approximate surface area is 67.9 Å². The lowest BCUT2D eigenvalue weighted by Crippen LogP contribution is -2.58. The van der Waals surface area contributed by atoms with Crippen molar-refractivity contribution in [3.63, 3.8) is 0 Å². The minimum Gasteiger partial charge on any atom is -0.312 e. The number of hydrogen-bond acceptors (Lipinski definition) is 3. The third-order valence-corrected chi connectivity index (χ3v) is 2.89. The minimum absolute atomic E-state index is 0.0606. The van der Waals surface area contributed by atoms with Gasteiger partial charge in [-0.25, -0.2) is 0 Å². The molecular weight excluding hydrogens is 138 g/mol. The number of likely N-dealkylation sites (tertiary alicyclic amines) is 1. The van der Waals surface area contributed by atoms with Gasteiger partial charge in [0.2, 0.25) is 0 Å². The average Bonchev–Trinajstić information content (AvgIpc) is 2.41. The molecule has 11 heavy (non-hydrogen) atoms. The van der Waals surface area contributed by atoms with Crippen molar-refractivity contribution in [3.05, 3.63) is 0 Å². The van der Waals surface area contributed by atoms with E-state index < -0.39 is 0 Å². The second kappa shape index (κ2) is 2.19. The zero-order valence-corrected chi connectivity index (χ0v) is 7.30. The Morgan fingerprint density at radius 2 is 2.36 bits per heavy atom. The van der Waals surface area contributed by atoms with Crippen molar-refractivity contribution >= 4 is 0 Å². The smallest absolute Gasteiger partial charge is 0.0809 e. The first kappa shape index (κ1) is 7.53. The number of nitrogens with two attached hydrogens (primary N) is 1. The van der Waals surface area contributed by atoms with E-state index >= 15 is 0 Å². The Balaban J connectivity index is 2.10. The van der Waals surface area contributed by atoms with E-state index in [0.29, 0.717) is 12.1 Å². The molecule has 3 heteroatoms. The van der Waals surface area contributed by atoms with Gasteiger partial charge in [-0.1, -0.05) is 0 Å². The molecule has 64 valence electrons. The highest BCUT2D eigenvalue weighted by atomic mass is 15.4. The Kier molecular flexibility index (Phi) is 1.50. The maximum absolute atomic E-state index is 6.08. The van der Waals surface area contributed by atoms with Crippen LogP contribution in [0.3, 0.4) is 0 Å². The quantitative estimate of drug-likeness (QED) is 0.547. The minimum atomic E-state index is -0.0606. The van der Waals surface area contributed by atoms with Crippen LogP contribution >= 0.6 is 0 Å². The highest BCUT2D eigenvalue weighted by molar-refractivity contribution is 5.06. The first-order chi connectivity index (χ1) is 5.11. The van der Waals surface area contributed by atoms with E-state index in [-0.39, 0.29) is 5.66 Å². The summed E-state index contributed by atoms with van der Waals surface area (Å²) in [6.45, 7) is 6.58. The molecule has 2 fully saturated rings. The van der Waals surface area contributed by atoms with Crippen LogP contribution in [0.4, 0.5) is 0 Å². The van der Waals surface area contributed by atoms with Gasteiger partial charge >= 0.3 is 0 Å². The monoisotopic (exact) mass is 155 g/mol. The summed E-state index contributed by atoms with van der Waals surface area (Å²) < 4.78 is 0. The van der Waals surface area contributed by atoms with Gasteiger partial charge in [0, 0.05) is 25.2 Å². The molecule has 0 saturated carbocycles. The molecule has 2 aliphatic heterocycles. The summed E-state index contributed by atoms with van der Waals surface area (Å²) >= 11 is 0. The predicted molar refractivity (Wildman–Crippen MR) is 45.2 cm³/mol. The molecule has 3 N–H and O–H groups in total. The SMILES string of the molecule is CC(C)N1C[C@@]2(N)C[C@@H]1CN2. The van der Waals surface area contributed by atoms with Gasteiger partial charge < -0.3 is 5.73 Å². The second-order valence-corrected chi connectivity index (χ2v) is 4.16. The van der Waals surface area contributed by atoms with Crippen molar-refractivity contribution in [1.82, 2.24) is 10.2 Å². The van der Waals surface area contributed by atoms with Gasteiger partial charge in [-0.05, 0) is 20.3 Å². The van der Waals surface area contributed by atoms with Gasteiger partial charge in [0.15, 0.2) is 0 Å². The van der Waals surface area contributed by atoms with Crippen molar-refractivity contribution in [3.8, 4) is 0 Å². The fraction of sp³-hybridized carbons (Fsp3) is 1.00. The van der Waals surface area contributed by atoms with E-state index in [0.717, 1.165) is 19.5 Å². The lowest BCUT2D eigenvalue weighted by Gasteiger charge is -2.33. The van der Waals surface area contributed by atoms with Gasteiger partial charge in [0.1, 0.15) is 0 Å². The molecule has 2 bridgehead atoms.